The number of likely N-dealkylation sites (N-methyl/N-ethyl adjacent to an activating group) is 1. The number of urea groups is 1. The van der Waals surface area contributed by atoms with Crippen molar-refractivity contribution in [3.8, 4) is 0 Å². The van der Waals surface area contributed by atoms with E-state index in [0.29, 0.717) is 17.9 Å². The summed E-state index contributed by atoms with van der Waals surface area (Å²) in [4.78, 5) is 51.9. The average Bonchev–Trinajstić information content (AvgIpc) is 3.10. The van der Waals surface area contributed by atoms with Crippen LogP contribution in [-0.2, 0) is 20.8 Å². The summed E-state index contributed by atoms with van der Waals surface area (Å²) in [6.07, 6.45) is 2.50. The molecule has 1 aliphatic heterocycles. The molecule has 1 fully saturated rings. The molecule has 0 radical (unpaired) electrons. The van der Waals surface area contributed by atoms with Gasteiger partial charge in [-0.25, -0.2) is 9.69 Å². The zero-order chi connectivity index (χ0) is 18.0. The molecule has 0 aliphatic carbocycles. The lowest BCUT2D eigenvalue weighted by molar-refractivity contribution is -0.143. The molecule has 2 aromatic rings. The standard InChI is InChI=1S/C17H18N4O4/c1-2-20-15(23)16(24)21(17(20)25)10-14(22)18-8-7-11-9-19-13-6-4-3-5-12(11)13/h3-6,9,19H,2,7-8,10H2,1H3,(H,18,22). The molecule has 0 spiro atoms. The number of amides is 5. The molecule has 1 aliphatic rings. The summed E-state index contributed by atoms with van der Waals surface area (Å²) in [6.45, 7) is 1.60. The fraction of sp³-hybridized carbons (Fsp3) is 0.294. The van der Waals surface area contributed by atoms with Crippen molar-refractivity contribution < 1.29 is 19.2 Å². The van der Waals surface area contributed by atoms with Gasteiger partial charge in [0.1, 0.15) is 6.54 Å². The Hall–Kier alpha value is -3.16. The fourth-order valence-electron chi connectivity index (χ4n) is 2.84. The highest BCUT2D eigenvalue weighted by Gasteiger charge is 2.44. The number of fused-ring (bicyclic) bond motifs is 1. The first kappa shape index (κ1) is 16.7. The van der Waals surface area contributed by atoms with Gasteiger partial charge in [0.05, 0.1) is 0 Å². The number of imide groups is 2. The normalized spacial score (nSPS) is 14.7. The number of aromatic nitrogens is 1. The van der Waals surface area contributed by atoms with Crippen LogP contribution in [0.1, 0.15) is 12.5 Å². The van der Waals surface area contributed by atoms with E-state index in [9.17, 15) is 19.2 Å². The number of nitrogens with one attached hydrogen (secondary N) is 2. The van der Waals surface area contributed by atoms with E-state index in [4.69, 9.17) is 0 Å². The van der Waals surface area contributed by atoms with Crippen molar-refractivity contribution in [3.63, 3.8) is 0 Å². The van der Waals surface area contributed by atoms with Gasteiger partial charge in [0, 0.05) is 30.2 Å². The van der Waals surface area contributed by atoms with Crippen molar-refractivity contribution in [1.29, 1.82) is 0 Å². The van der Waals surface area contributed by atoms with Gasteiger partial charge in [0.25, 0.3) is 0 Å². The maximum absolute atomic E-state index is 12.0. The Morgan fingerprint density at radius 3 is 2.56 bits per heavy atom. The summed E-state index contributed by atoms with van der Waals surface area (Å²) in [7, 11) is 0. The van der Waals surface area contributed by atoms with Crippen LogP contribution in [0.5, 0.6) is 0 Å². The Morgan fingerprint density at radius 2 is 1.84 bits per heavy atom. The first-order chi connectivity index (χ1) is 12.0. The third-order valence-corrected chi connectivity index (χ3v) is 4.14. The van der Waals surface area contributed by atoms with Crippen molar-refractivity contribution in [3.05, 3.63) is 36.0 Å². The molecule has 25 heavy (non-hydrogen) atoms. The van der Waals surface area contributed by atoms with Crippen LogP contribution in [0.15, 0.2) is 30.5 Å². The summed E-state index contributed by atoms with van der Waals surface area (Å²) < 4.78 is 0. The third kappa shape index (κ3) is 3.10. The number of hydrogen-bond acceptors (Lipinski definition) is 4. The summed E-state index contributed by atoms with van der Waals surface area (Å²) in [5, 5.41) is 3.76. The number of benzene rings is 1. The largest absolute Gasteiger partial charge is 0.361 e. The minimum Gasteiger partial charge on any atom is -0.361 e. The van der Waals surface area contributed by atoms with Gasteiger partial charge in [-0.3, -0.25) is 19.3 Å². The minimum atomic E-state index is -0.960. The number of aromatic amines is 1. The van der Waals surface area contributed by atoms with Crippen LogP contribution in [0, 0.1) is 0 Å². The van der Waals surface area contributed by atoms with Gasteiger partial charge in [0.15, 0.2) is 0 Å². The molecule has 0 bridgehead atoms. The monoisotopic (exact) mass is 342 g/mol. The lowest BCUT2D eigenvalue weighted by Gasteiger charge is -2.13. The molecule has 8 heteroatoms. The summed E-state index contributed by atoms with van der Waals surface area (Å²) in [5.74, 6) is -2.33. The van der Waals surface area contributed by atoms with Crippen LogP contribution >= 0.6 is 0 Å². The molecule has 5 amide bonds. The molecule has 1 aromatic heterocycles. The molecule has 1 aromatic carbocycles. The number of carbonyl (C=O) groups is 4. The van der Waals surface area contributed by atoms with Crippen LogP contribution in [0.3, 0.4) is 0 Å². The van der Waals surface area contributed by atoms with Crippen molar-refractivity contribution in [2.45, 2.75) is 13.3 Å². The number of H-pyrrole nitrogens is 1. The molecule has 0 saturated carbocycles. The van der Waals surface area contributed by atoms with Crippen LogP contribution in [-0.4, -0.2) is 58.2 Å². The lowest BCUT2D eigenvalue weighted by atomic mass is 10.1. The van der Waals surface area contributed by atoms with Crippen molar-refractivity contribution >= 4 is 34.7 Å². The molecule has 130 valence electrons. The number of hydrogen-bond donors (Lipinski definition) is 2. The first-order valence-corrected chi connectivity index (χ1v) is 8.02. The van der Waals surface area contributed by atoms with Crippen LogP contribution in [0.2, 0.25) is 0 Å². The van der Waals surface area contributed by atoms with Gasteiger partial charge in [-0.05, 0) is 25.0 Å². The Labute approximate surface area is 143 Å². The molecule has 1 saturated heterocycles. The predicted octanol–water partition coefficient (Wildman–Crippen LogP) is 0.637. The topological polar surface area (TPSA) is 103 Å². The molecule has 3 rings (SSSR count). The van der Waals surface area contributed by atoms with E-state index in [2.05, 4.69) is 10.3 Å². The van der Waals surface area contributed by atoms with E-state index in [0.717, 1.165) is 21.4 Å². The second-order valence-corrected chi connectivity index (χ2v) is 5.68. The number of para-hydroxylation sites is 1. The second kappa shape index (κ2) is 6.76. The van der Waals surface area contributed by atoms with E-state index >= 15 is 0 Å². The van der Waals surface area contributed by atoms with Gasteiger partial charge >= 0.3 is 17.8 Å². The Balaban J connectivity index is 1.54. The summed E-state index contributed by atoms with van der Waals surface area (Å²) >= 11 is 0. The van der Waals surface area contributed by atoms with Gasteiger partial charge in [-0.2, -0.15) is 0 Å². The number of carbonyl (C=O) groups excluding carboxylic acids is 4. The minimum absolute atomic E-state index is 0.0993. The maximum Gasteiger partial charge on any atom is 0.334 e. The maximum atomic E-state index is 12.0. The van der Waals surface area contributed by atoms with E-state index in [1.54, 1.807) is 6.92 Å². The number of rotatable bonds is 6. The molecule has 2 N–H and O–H groups in total. The highest BCUT2D eigenvalue weighted by atomic mass is 16.2. The van der Waals surface area contributed by atoms with Crippen LogP contribution in [0.4, 0.5) is 4.79 Å². The Kier molecular flexibility index (Phi) is 4.51. The molecular weight excluding hydrogens is 324 g/mol. The highest BCUT2D eigenvalue weighted by molar-refractivity contribution is 6.45. The van der Waals surface area contributed by atoms with Gasteiger partial charge in [-0.1, -0.05) is 18.2 Å². The lowest BCUT2D eigenvalue weighted by Crippen LogP contribution is -2.41. The SMILES string of the molecule is CCN1C(=O)C(=O)N(CC(=O)NCCc2c[nH]c3ccccc23)C1=O. The first-order valence-electron chi connectivity index (χ1n) is 8.02. The second-order valence-electron chi connectivity index (χ2n) is 5.68. The van der Waals surface area contributed by atoms with E-state index < -0.39 is 30.3 Å². The molecule has 0 atom stereocenters. The van der Waals surface area contributed by atoms with Gasteiger partial charge in [0.2, 0.25) is 5.91 Å². The van der Waals surface area contributed by atoms with Crippen molar-refractivity contribution in [2.24, 2.45) is 0 Å². The summed E-state index contributed by atoms with van der Waals surface area (Å²) in [5.41, 5.74) is 2.09. The van der Waals surface area contributed by atoms with E-state index in [1.807, 2.05) is 30.5 Å². The van der Waals surface area contributed by atoms with Gasteiger partial charge in [-0.15, -0.1) is 0 Å². The molecule has 8 nitrogen and oxygen atoms in total. The molecule has 0 unspecified atom stereocenters. The molecule has 2 heterocycles. The number of nitrogens with zero attached hydrogens (tertiary/aromatic N) is 2. The fourth-order valence-corrected chi connectivity index (χ4v) is 2.84. The van der Waals surface area contributed by atoms with Crippen molar-refractivity contribution in [2.75, 3.05) is 19.6 Å². The van der Waals surface area contributed by atoms with Gasteiger partial charge < -0.3 is 10.3 Å². The summed E-state index contributed by atoms with van der Waals surface area (Å²) in [6, 6.07) is 7.10. The van der Waals surface area contributed by atoms with Crippen LogP contribution in [0.25, 0.3) is 10.9 Å². The zero-order valence-corrected chi connectivity index (χ0v) is 13.7. The molecular formula is C17H18N4O4. The third-order valence-electron chi connectivity index (χ3n) is 4.14. The predicted molar refractivity (Wildman–Crippen MR) is 89.5 cm³/mol. The van der Waals surface area contributed by atoms with E-state index in [-0.39, 0.29) is 6.54 Å². The Morgan fingerprint density at radius 1 is 1.12 bits per heavy atom. The highest BCUT2D eigenvalue weighted by Crippen LogP contribution is 2.17. The van der Waals surface area contributed by atoms with Crippen LogP contribution < -0.4 is 5.32 Å². The van der Waals surface area contributed by atoms with Crippen molar-refractivity contribution in [1.82, 2.24) is 20.1 Å². The average molecular weight is 342 g/mol. The Bertz CT molecular complexity index is 857. The smallest absolute Gasteiger partial charge is 0.334 e. The zero-order valence-electron chi connectivity index (χ0n) is 13.7. The quantitative estimate of drug-likeness (QED) is 0.594. The van der Waals surface area contributed by atoms with E-state index in [1.165, 1.54) is 0 Å².